The normalized spacial score (nSPS) is 12.0. The first-order valence-corrected chi connectivity index (χ1v) is 10.1. The minimum Gasteiger partial charge on any atom is -0.494 e. The SMILES string of the molecule is O=C(NCCCOc1ccc([N+](=O)[O-])cc1)OCC1c2ccccc2-c2ccccc21. The molecule has 3 aromatic rings. The molecular formula is C24H22N2O5. The van der Waals surface area contributed by atoms with Crippen LogP contribution in [0, 0.1) is 10.1 Å². The molecular weight excluding hydrogens is 396 g/mol. The molecule has 0 saturated carbocycles. The van der Waals surface area contributed by atoms with Crippen LogP contribution in [0.5, 0.6) is 5.75 Å². The number of hydrogen-bond donors (Lipinski definition) is 1. The molecule has 1 aliphatic carbocycles. The second kappa shape index (κ2) is 9.30. The lowest BCUT2D eigenvalue weighted by molar-refractivity contribution is -0.384. The summed E-state index contributed by atoms with van der Waals surface area (Å²) >= 11 is 0. The van der Waals surface area contributed by atoms with Gasteiger partial charge in [0.25, 0.3) is 5.69 Å². The van der Waals surface area contributed by atoms with E-state index >= 15 is 0 Å². The van der Waals surface area contributed by atoms with Gasteiger partial charge in [0.05, 0.1) is 11.5 Å². The third-order valence-corrected chi connectivity index (χ3v) is 5.25. The number of hydrogen-bond acceptors (Lipinski definition) is 5. The molecule has 0 spiro atoms. The van der Waals surface area contributed by atoms with Crippen LogP contribution in [-0.2, 0) is 4.74 Å². The van der Waals surface area contributed by atoms with E-state index in [1.165, 1.54) is 34.4 Å². The lowest BCUT2D eigenvalue weighted by atomic mass is 9.98. The highest BCUT2D eigenvalue weighted by Gasteiger charge is 2.28. The van der Waals surface area contributed by atoms with E-state index in [2.05, 4.69) is 29.6 Å². The molecule has 0 fully saturated rings. The van der Waals surface area contributed by atoms with Crippen LogP contribution in [-0.4, -0.2) is 30.8 Å². The molecule has 0 saturated heterocycles. The maximum atomic E-state index is 12.1. The minimum atomic E-state index is -0.461. The predicted molar refractivity (Wildman–Crippen MR) is 116 cm³/mol. The van der Waals surface area contributed by atoms with Gasteiger partial charge in [0.2, 0.25) is 0 Å². The fourth-order valence-electron chi connectivity index (χ4n) is 3.77. The van der Waals surface area contributed by atoms with Gasteiger partial charge in [0.1, 0.15) is 12.4 Å². The van der Waals surface area contributed by atoms with Gasteiger partial charge in [0, 0.05) is 24.6 Å². The Labute approximate surface area is 179 Å². The van der Waals surface area contributed by atoms with Gasteiger partial charge in [-0.2, -0.15) is 0 Å². The van der Waals surface area contributed by atoms with Crippen molar-refractivity contribution in [1.29, 1.82) is 0 Å². The van der Waals surface area contributed by atoms with E-state index in [0.717, 1.165) is 0 Å². The Morgan fingerprint density at radius 2 is 1.55 bits per heavy atom. The molecule has 3 aromatic carbocycles. The first-order chi connectivity index (χ1) is 15.1. The standard InChI is InChI=1S/C24H22N2O5/c27-24(25-14-5-15-30-18-12-10-17(11-13-18)26(28)29)31-16-23-21-8-3-1-6-19(21)20-7-2-4-9-22(20)23/h1-4,6-13,23H,5,14-16H2,(H,25,27). The van der Waals surface area contributed by atoms with Crippen molar-refractivity contribution in [2.45, 2.75) is 12.3 Å². The summed E-state index contributed by atoms with van der Waals surface area (Å²) in [6, 6.07) is 22.3. The number of non-ortho nitro benzene ring substituents is 1. The molecule has 0 radical (unpaired) electrons. The van der Waals surface area contributed by atoms with E-state index in [1.54, 1.807) is 12.1 Å². The van der Waals surface area contributed by atoms with Gasteiger partial charge >= 0.3 is 6.09 Å². The molecule has 158 valence electrons. The van der Waals surface area contributed by atoms with Gasteiger partial charge < -0.3 is 14.8 Å². The molecule has 0 unspecified atom stereocenters. The van der Waals surface area contributed by atoms with Gasteiger partial charge in [-0.15, -0.1) is 0 Å². The molecule has 31 heavy (non-hydrogen) atoms. The van der Waals surface area contributed by atoms with Gasteiger partial charge in [-0.3, -0.25) is 10.1 Å². The Morgan fingerprint density at radius 3 is 2.16 bits per heavy atom. The van der Waals surface area contributed by atoms with E-state index in [-0.39, 0.29) is 18.2 Å². The van der Waals surface area contributed by atoms with E-state index < -0.39 is 11.0 Å². The quantitative estimate of drug-likeness (QED) is 0.319. The van der Waals surface area contributed by atoms with Crippen molar-refractivity contribution in [1.82, 2.24) is 5.32 Å². The molecule has 0 atom stereocenters. The highest BCUT2D eigenvalue weighted by Crippen LogP contribution is 2.44. The Bertz CT molecular complexity index is 1040. The number of benzene rings is 3. The van der Waals surface area contributed by atoms with E-state index in [4.69, 9.17) is 9.47 Å². The Hall–Kier alpha value is -3.87. The molecule has 7 heteroatoms. The van der Waals surface area contributed by atoms with Crippen molar-refractivity contribution in [2.24, 2.45) is 0 Å². The number of nitrogens with zero attached hydrogens (tertiary/aromatic N) is 1. The van der Waals surface area contributed by atoms with Gasteiger partial charge in [-0.05, 0) is 40.8 Å². The number of alkyl carbamates (subject to hydrolysis) is 1. The van der Waals surface area contributed by atoms with Crippen LogP contribution in [0.25, 0.3) is 11.1 Å². The summed E-state index contributed by atoms with van der Waals surface area (Å²) in [4.78, 5) is 22.3. The summed E-state index contributed by atoms with van der Waals surface area (Å²) in [5, 5.41) is 13.4. The highest BCUT2D eigenvalue weighted by molar-refractivity contribution is 5.79. The Kier molecular flexibility index (Phi) is 6.12. The topological polar surface area (TPSA) is 90.7 Å². The number of nitrogens with one attached hydrogen (secondary N) is 1. The molecule has 0 heterocycles. The molecule has 1 amide bonds. The van der Waals surface area contributed by atoms with Crippen molar-refractivity contribution in [3.05, 3.63) is 94.0 Å². The van der Waals surface area contributed by atoms with E-state index in [9.17, 15) is 14.9 Å². The number of ether oxygens (including phenoxy) is 2. The minimum absolute atomic E-state index is 0.0178. The van der Waals surface area contributed by atoms with Gasteiger partial charge in [-0.25, -0.2) is 4.79 Å². The van der Waals surface area contributed by atoms with Crippen molar-refractivity contribution >= 4 is 11.8 Å². The van der Waals surface area contributed by atoms with Crippen LogP contribution < -0.4 is 10.1 Å². The second-order valence-electron chi connectivity index (χ2n) is 7.21. The van der Waals surface area contributed by atoms with Crippen LogP contribution in [0.2, 0.25) is 0 Å². The average Bonchev–Trinajstić information content (AvgIpc) is 3.11. The maximum Gasteiger partial charge on any atom is 0.407 e. The summed E-state index contributed by atoms with van der Waals surface area (Å²) in [5.74, 6) is 0.579. The summed E-state index contributed by atoms with van der Waals surface area (Å²) in [6.45, 7) is 1.06. The third kappa shape index (κ3) is 4.66. The Balaban J connectivity index is 1.21. The van der Waals surface area contributed by atoms with E-state index in [1.807, 2.05) is 24.3 Å². The summed E-state index contributed by atoms with van der Waals surface area (Å²) < 4.78 is 11.0. The molecule has 1 N–H and O–H groups in total. The molecule has 0 aromatic heterocycles. The van der Waals surface area contributed by atoms with Gasteiger partial charge in [0.15, 0.2) is 0 Å². The van der Waals surface area contributed by atoms with Crippen LogP contribution in [0.3, 0.4) is 0 Å². The zero-order valence-electron chi connectivity index (χ0n) is 16.8. The average molecular weight is 418 g/mol. The number of carbonyl (C=O) groups is 1. The van der Waals surface area contributed by atoms with Gasteiger partial charge in [-0.1, -0.05) is 48.5 Å². The monoisotopic (exact) mass is 418 g/mol. The smallest absolute Gasteiger partial charge is 0.407 e. The number of nitro benzene ring substituents is 1. The van der Waals surface area contributed by atoms with Crippen LogP contribution in [0.1, 0.15) is 23.5 Å². The fourth-order valence-corrected chi connectivity index (χ4v) is 3.77. The summed E-state index contributed by atoms with van der Waals surface area (Å²) in [7, 11) is 0. The lowest BCUT2D eigenvalue weighted by Gasteiger charge is -2.14. The molecule has 0 aliphatic heterocycles. The molecule has 4 rings (SSSR count). The number of nitro groups is 1. The lowest BCUT2D eigenvalue weighted by Crippen LogP contribution is -2.27. The van der Waals surface area contributed by atoms with Crippen molar-refractivity contribution in [2.75, 3.05) is 19.8 Å². The van der Waals surface area contributed by atoms with Crippen molar-refractivity contribution in [3.63, 3.8) is 0 Å². The second-order valence-corrected chi connectivity index (χ2v) is 7.21. The zero-order chi connectivity index (χ0) is 21.6. The van der Waals surface area contributed by atoms with Crippen LogP contribution in [0.4, 0.5) is 10.5 Å². The van der Waals surface area contributed by atoms with Crippen molar-refractivity contribution < 1.29 is 19.2 Å². The highest BCUT2D eigenvalue weighted by atomic mass is 16.6. The van der Waals surface area contributed by atoms with Crippen molar-refractivity contribution in [3.8, 4) is 16.9 Å². The van der Waals surface area contributed by atoms with E-state index in [0.29, 0.717) is 25.3 Å². The third-order valence-electron chi connectivity index (χ3n) is 5.25. The number of fused-ring (bicyclic) bond motifs is 3. The first-order valence-electron chi connectivity index (χ1n) is 10.1. The van der Waals surface area contributed by atoms with Crippen LogP contribution >= 0.6 is 0 Å². The predicted octanol–water partition coefficient (Wildman–Crippen LogP) is 4.90. The Morgan fingerprint density at radius 1 is 0.935 bits per heavy atom. The largest absolute Gasteiger partial charge is 0.494 e. The maximum absolute atomic E-state index is 12.1. The van der Waals surface area contributed by atoms with Crippen LogP contribution in [0.15, 0.2) is 72.8 Å². The first kappa shape index (κ1) is 20.4. The summed E-state index contributed by atoms with van der Waals surface area (Å²) in [6.07, 6.45) is 0.124. The number of carbonyl (C=O) groups excluding carboxylic acids is 1. The molecule has 7 nitrogen and oxygen atoms in total. The summed E-state index contributed by atoms with van der Waals surface area (Å²) in [5.41, 5.74) is 4.75. The molecule has 1 aliphatic rings. The fraction of sp³-hybridized carbons (Fsp3) is 0.208. The number of amides is 1. The number of rotatable bonds is 8. The molecule has 0 bridgehead atoms. The zero-order valence-corrected chi connectivity index (χ0v) is 16.8.